The van der Waals surface area contributed by atoms with Crippen LogP contribution in [0.5, 0.6) is 0 Å². The second-order valence-electron chi connectivity index (χ2n) is 5.60. The van der Waals surface area contributed by atoms with Gasteiger partial charge >= 0.3 is 0 Å². The summed E-state index contributed by atoms with van der Waals surface area (Å²) >= 11 is 2.23. The molecule has 0 aliphatic carbocycles. The number of rotatable bonds is 4. The summed E-state index contributed by atoms with van der Waals surface area (Å²) in [5.74, 6) is -0.0114. The van der Waals surface area contributed by atoms with Gasteiger partial charge in [0.05, 0.1) is 13.2 Å². The van der Waals surface area contributed by atoms with E-state index in [1.165, 1.54) is 0 Å². The van der Waals surface area contributed by atoms with Gasteiger partial charge in [-0.05, 0) is 60.7 Å². The van der Waals surface area contributed by atoms with Crippen LogP contribution in [0.25, 0.3) is 0 Å². The van der Waals surface area contributed by atoms with Crippen LogP contribution in [0.1, 0.15) is 24.2 Å². The van der Waals surface area contributed by atoms with Gasteiger partial charge < -0.3 is 10.1 Å². The molecule has 0 unspecified atom stereocenters. The highest BCUT2D eigenvalue weighted by Gasteiger charge is 2.28. The maximum Gasteiger partial charge on any atom is 0.251 e. The van der Waals surface area contributed by atoms with Gasteiger partial charge in [-0.15, -0.1) is 0 Å². The molecule has 1 heterocycles. The van der Waals surface area contributed by atoms with E-state index >= 15 is 0 Å². The molecule has 0 radical (unpaired) electrons. The second kappa shape index (κ2) is 6.87. The van der Waals surface area contributed by atoms with Crippen LogP contribution >= 0.6 is 22.6 Å². The molecule has 1 amide bonds. The Kier molecular flexibility index (Phi) is 5.40. The fraction of sp³-hybridized carbons (Fsp3) is 0.533. The SMILES string of the molecule is CC(C)(CNC(=O)c1ccc(I)cc1)N1CCOCC1. The molecule has 1 aliphatic rings. The molecule has 1 aliphatic heterocycles. The first kappa shape index (κ1) is 15.7. The Labute approximate surface area is 134 Å². The number of morpholine rings is 1. The van der Waals surface area contributed by atoms with E-state index < -0.39 is 0 Å². The number of carbonyl (C=O) groups is 1. The monoisotopic (exact) mass is 388 g/mol. The van der Waals surface area contributed by atoms with Gasteiger partial charge in [0.15, 0.2) is 0 Å². The highest BCUT2D eigenvalue weighted by molar-refractivity contribution is 14.1. The number of ether oxygens (including phenoxy) is 1. The van der Waals surface area contributed by atoms with Crippen LogP contribution in [0.15, 0.2) is 24.3 Å². The molecular formula is C15H21IN2O2. The van der Waals surface area contributed by atoms with Gasteiger partial charge in [-0.1, -0.05) is 0 Å². The Morgan fingerprint density at radius 1 is 1.30 bits per heavy atom. The normalized spacial score (nSPS) is 16.9. The molecule has 4 nitrogen and oxygen atoms in total. The third-order valence-electron chi connectivity index (χ3n) is 3.66. The first-order chi connectivity index (χ1) is 9.49. The highest BCUT2D eigenvalue weighted by Crippen LogP contribution is 2.15. The minimum Gasteiger partial charge on any atom is -0.379 e. The number of hydrogen-bond acceptors (Lipinski definition) is 3. The maximum atomic E-state index is 12.1. The molecule has 20 heavy (non-hydrogen) atoms. The molecule has 110 valence electrons. The molecule has 1 aromatic rings. The first-order valence-corrected chi connectivity index (χ1v) is 7.93. The molecule has 0 atom stereocenters. The van der Waals surface area contributed by atoms with Crippen molar-refractivity contribution < 1.29 is 9.53 Å². The number of benzene rings is 1. The van der Waals surface area contributed by atoms with E-state index in [4.69, 9.17) is 4.74 Å². The van der Waals surface area contributed by atoms with E-state index in [2.05, 4.69) is 46.7 Å². The molecule has 5 heteroatoms. The van der Waals surface area contributed by atoms with E-state index in [-0.39, 0.29) is 11.4 Å². The molecule has 1 saturated heterocycles. The third kappa shape index (κ3) is 4.17. The van der Waals surface area contributed by atoms with E-state index in [0.717, 1.165) is 29.9 Å². The lowest BCUT2D eigenvalue weighted by Crippen LogP contribution is -2.55. The van der Waals surface area contributed by atoms with Crippen LogP contribution in [0.4, 0.5) is 0 Å². The Hall–Kier alpha value is -0.660. The maximum absolute atomic E-state index is 12.1. The Bertz CT molecular complexity index is 453. The van der Waals surface area contributed by atoms with Crippen LogP contribution < -0.4 is 5.32 Å². The topological polar surface area (TPSA) is 41.6 Å². The van der Waals surface area contributed by atoms with E-state index in [0.29, 0.717) is 12.1 Å². The summed E-state index contributed by atoms with van der Waals surface area (Å²) < 4.78 is 6.50. The predicted molar refractivity (Wildman–Crippen MR) is 88.0 cm³/mol. The van der Waals surface area contributed by atoms with Crippen LogP contribution in [-0.2, 0) is 4.74 Å². The number of nitrogens with zero attached hydrogens (tertiary/aromatic N) is 1. The molecule has 2 rings (SSSR count). The minimum absolute atomic E-state index is 0.0114. The number of carbonyl (C=O) groups excluding carboxylic acids is 1. The molecule has 0 spiro atoms. The average Bonchev–Trinajstić information content (AvgIpc) is 2.46. The number of hydrogen-bond donors (Lipinski definition) is 1. The van der Waals surface area contributed by atoms with Crippen LogP contribution in [0, 0.1) is 3.57 Å². The molecule has 1 fully saturated rings. The average molecular weight is 388 g/mol. The van der Waals surface area contributed by atoms with Gasteiger partial charge in [0.2, 0.25) is 0 Å². The van der Waals surface area contributed by atoms with Crippen molar-refractivity contribution in [2.24, 2.45) is 0 Å². The van der Waals surface area contributed by atoms with Crippen molar-refractivity contribution in [3.8, 4) is 0 Å². The van der Waals surface area contributed by atoms with Crippen LogP contribution in [0.3, 0.4) is 0 Å². The van der Waals surface area contributed by atoms with E-state index in [9.17, 15) is 4.79 Å². The Morgan fingerprint density at radius 3 is 2.50 bits per heavy atom. The third-order valence-corrected chi connectivity index (χ3v) is 4.37. The van der Waals surface area contributed by atoms with Crippen molar-refractivity contribution in [1.82, 2.24) is 10.2 Å². The number of halogens is 1. The number of nitrogens with one attached hydrogen (secondary N) is 1. The molecular weight excluding hydrogens is 367 g/mol. The second-order valence-corrected chi connectivity index (χ2v) is 6.85. The molecule has 0 bridgehead atoms. The summed E-state index contributed by atoms with van der Waals surface area (Å²) in [6.45, 7) is 8.35. The minimum atomic E-state index is -0.0529. The van der Waals surface area contributed by atoms with Crippen molar-refractivity contribution in [3.05, 3.63) is 33.4 Å². The van der Waals surface area contributed by atoms with Crippen molar-refractivity contribution in [2.45, 2.75) is 19.4 Å². The summed E-state index contributed by atoms with van der Waals surface area (Å²) in [7, 11) is 0. The van der Waals surface area contributed by atoms with Crippen LogP contribution in [0.2, 0.25) is 0 Å². The zero-order valence-electron chi connectivity index (χ0n) is 12.0. The van der Waals surface area contributed by atoms with Gasteiger partial charge in [0.25, 0.3) is 5.91 Å². The summed E-state index contributed by atoms with van der Waals surface area (Å²) in [6, 6.07) is 7.61. The lowest BCUT2D eigenvalue weighted by atomic mass is 10.0. The smallest absolute Gasteiger partial charge is 0.251 e. The largest absolute Gasteiger partial charge is 0.379 e. The van der Waals surface area contributed by atoms with Gasteiger partial charge in [0, 0.05) is 34.3 Å². The standard InChI is InChI=1S/C15H21IN2O2/c1-15(2,18-7-9-20-10-8-18)11-17-14(19)12-3-5-13(16)6-4-12/h3-6H,7-11H2,1-2H3,(H,17,19). The van der Waals surface area contributed by atoms with Gasteiger partial charge in [0.1, 0.15) is 0 Å². The highest BCUT2D eigenvalue weighted by atomic mass is 127. The summed E-state index contributed by atoms with van der Waals surface area (Å²) in [5.41, 5.74) is 0.658. The number of amides is 1. The Morgan fingerprint density at radius 2 is 1.90 bits per heavy atom. The first-order valence-electron chi connectivity index (χ1n) is 6.85. The predicted octanol–water partition coefficient (Wildman–Crippen LogP) is 2.13. The quantitative estimate of drug-likeness (QED) is 0.804. The van der Waals surface area contributed by atoms with Crippen molar-refractivity contribution in [2.75, 3.05) is 32.8 Å². The summed E-state index contributed by atoms with van der Waals surface area (Å²) in [6.07, 6.45) is 0. The molecule has 0 saturated carbocycles. The Balaban J connectivity index is 1.90. The fourth-order valence-electron chi connectivity index (χ4n) is 2.28. The van der Waals surface area contributed by atoms with Crippen molar-refractivity contribution in [3.63, 3.8) is 0 Å². The van der Waals surface area contributed by atoms with Crippen molar-refractivity contribution >= 4 is 28.5 Å². The zero-order valence-corrected chi connectivity index (χ0v) is 14.1. The van der Waals surface area contributed by atoms with E-state index in [1.54, 1.807) is 0 Å². The summed E-state index contributed by atoms with van der Waals surface area (Å²) in [5, 5.41) is 3.03. The lowest BCUT2D eigenvalue weighted by Gasteiger charge is -2.40. The summed E-state index contributed by atoms with van der Waals surface area (Å²) in [4.78, 5) is 14.5. The van der Waals surface area contributed by atoms with Crippen molar-refractivity contribution in [1.29, 1.82) is 0 Å². The van der Waals surface area contributed by atoms with Gasteiger partial charge in [-0.3, -0.25) is 9.69 Å². The fourth-order valence-corrected chi connectivity index (χ4v) is 2.64. The molecule has 1 N–H and O–H groups in total. The lowest BCUT2D eigenvalue weighted by molar-refractivity contribution is -0.00923. The molecule has 1 aromatic carbocycles. The van der Waals surface area contributed by atoms with Crippen LogP contribution in [-0.4, -0.2) is 49.2 Å². The zero-order chi connectivity index (χ0) is 14.6. The van der Waals surface area contributed by atoms with Gasteiger partial charge in [-0.2, -0.15) is 0 Å². The van der Waals surface area contributed by atoms with Gasteiger partial charge in [-0.25, -0.2) is 0 Å². The molecule has 0 aromatic heterocycles. The van der Waals surface area contributed by atoms with E-state index in [1.807, 2.05) is 24.3 Å².